The molecular weight excluding hydrogens is 176 g/mol. The van der Waals surface area contributed by atoms with Gasteiger partial charge in [0.2, 0.25) is 0 Å². The SMILES string of the molecule is CC1(O)CCc2ccccc2C1(C)O. The van der Waals surface area contributed by atoms with Gasteiger partial charge in [-0.2, -0.15) is 0 Å². The minimum atomic E-state index is -1.14. The Morgan fingerprint density at radius 1 is 1.14 bits per heavy atom. The standard InChI is InChI=1S/C12H16O2/c1-11(13)8-7-9-5-3-4-6-10(9)12(11,2)14/h3-6,13-14H,7-8H2,1-2H3. The van der Waals surface area contributed by atoms with E-state index in [9.17, 15) is 10.2 Å². The van der Waals surface area contributed by atoms with Crippen LogP contribution in [0.5, 0.6) is 0 Å². The second-order valence-electron chi connectivity index (χ2n) is 4.50. The van der Waals surface area contributed by atoms with Gasteiger partial charge in [0.25, 0.3) is 0 Å². The van der Waals surface area contributed by atoms with Crippen LogP contribution in [0.25, 0.3) is 0 Å². The van der Waals surface area contributed by atoms with Crippen molar-refractivity contribution in [2.24, 2.45) is 0 Å². The molecule has 0 heterocycles. The lowest BCUT2D eigenvalue weighted by Gasteiger charge is -2.43. The summed E-state index contributed by atoms with van der Waals surface area (Å²) in [4.78, 5) is 0. The average molecular weight is 192 g/mol. The topological polar surface area (TPSA) is 40.5 Å². The van der Waals surface area contributed by atoms with Gasteiger partial charge >= 0.3 is 0 Å². The van der Waals surface area contributed by atoms with Crippen molar-refractivity contribution in [3.63, 3.8) is 0 Å². The fraction of sp³-hybridized carbons (Fsp3) is 0.500. The average Bonchev–Trinajstić information content (AvgIpc) is 2.13. The monoisotopic (exact) mass is 192 g/mol. The molecule has 2 heteroatoms. The first-order chi connectivity index (χ1) is 6.45. The molecule has 2 N–H and O–H groups in total. The van der Waals surface area contributed by atoms with Crippen LogP contribution in [-0.2, 0) is 12.0 Å². The summed E-state index contributed by atoms with van der Waals surface area (Å²) < 4.78 is 0. The predicted molar refractivity (Wildman–Crippen MR) is 55.0 cm³/mol. The Labute approximate surface area is 84.2 Å². The Morgan fingerprint density at radius 2 is 1.79 bits per heavy atom. The lowest BCUT2D eigenvalue weighted by Crippen LogP contribution is -2.50. The number of aliphatic hydroxyl groups is 2. The highest BCUT2D eigenvalue weighted by atomic mass is 16.4. The fourth-order valence-corrected chi connectivity index (χ4v) is 2.12. The molecule has 2 unspecified atom stereocenters. The van der Waals surface area contributed by atoms with Crippen LogP contribution in [-0.4, -0.2) is 15.8 Å². The molecule has 0 saturated carbocycles. The molecule has 0 aliphatic heterocycles. The van der Waals surface area contributed by atoms with Gasteiger partial charge in [-0.15, -0.1) is 0 Å². The summed E-state index contributed by atoms with van der Waals surface area (Å²) in [7, 11) is 0. The van der Waals surface area contributed by atoms with Crippen molar-refractivity contribution < 1.29 is 10.2 Å². The summed E-state index contributed by atoms with van der Waals surface area (Å²) in [5.74, 6) is 0. The zero-order valence-electron chi connectivity index (χ0n) is 8.62. The van der Waals surface area contributed by atoms with E-state index in [0.29, 0.717) is 6.42 Å². The fourth-order valence-electron chi connectivity index (χ4n) is 2.12. The van der Waals surface area contributed by atoms with Crippen molar-refractivity contribution >= 4 is 0 Å². The van der Waals surface area contributed by atoms with Crippen molar-refractivity contribution in [1.29, 1.82) is 0 Å². The van der Waals surface area contributed by atoms with Gasteiger partial charge in [0.1, 0.15) is 5.60 Å². The van der Waals surface area contributed by atoms with E-state index in [2.05, 4.69) is 0 Å². The van der Waals surface area contributed by atoms with E-state index in [0.717, 1.165) is 17.5 Å². The highest BCUT2D eigenvalue weighted by Gasteiger charge is 2.46. The minimum Gasteiger partial charge on any atom is -0.387 e. The summed E-state index contributed by atoms with van der Waals surface area (Å²) in [6.45, 7) is 3.38. The van der Waals surface area contributed by atoms with Crippen LogP contribution in [0, 0.1) is 0 Å². The maximum Gasteiger partial charge on any atom is 0.115 e. The van der Waals surface area contributed by atoms with Crippen LogP contribution >= 0.6 is 0 Å². The summed E-state index contributed by atoms with van der Waals surface area (Å²) in [6, 6.07) is 7.77. The van der Waals surface area contributed by atoms with E-state index >= 15 is 0 Å². The lowest BCUT2D eigenvalue weighted by atomic mass is 9.70. The Balaban J connectivity index is 2.57. The molecule has 0 spiro atoms. The number of benzene rings is 1. The van der Waals surface area contributed by atoms with Crippen molar-refractivity contribution in [1.82, 2.24) is 0 Å². The summed E-state index contributed by atoms with van der Waals surface area (Å²) >= 11 is 0. The van der Waals surface area contributed by atoms with Crippen molar-refractivity contribution in [3.8, 4) is 0 Å². The van der Waals surface area contributed by atoms with E-state index in [4.69, 9.17) is 0 Å². The molecule has 76 valence electrons. The van der Waals surface area contributed by atoms with Crippen molar-refractivity contribution in [3.05, 3.63) is 35.4 Å². The molecule has 0 fully saturated rings. The third kappa shape index (κ3) is 1.18. The highest BCUT2D eigenvalue weighted by Crippen LogP contribution is 2.41. The van der Waals surface area contributed by atoms with Gasteiger partial charge < -0.3 is 10.2 Å². The van der Waals surface area contributed by atoms with Gasteiger partial charge in [-0.05, 0) is 37.8 Å². The van der Waals surface area contributed by atoms with Gasteiger partial charge in [0, 0.05) is 0 Å². The second-order valence-corrected chi connectivity index (χ2v) is 4.50. The van der Waals surface area contributed by atoms with Gasteiger partial charge in [-0.25, -0.2) is 0 Å². The van der Waals surface area contributed by atoms with Crippen LogP contribution in [0.3, 0.4) is 0 Å². The first-order valence-corrected chi connectivity index (χ1v) is 4.98. The summed E-state index contributed by atoms with van der Waals surface area (Å²) in [6.07, 6.45) is 1.44. The zero-order chi connectivity index (χ0) is 10.4. The third-order valence-electron chi connectivity index (χ3n) is 3.47. The first kappa shape index (κ1) is 9.69. The van der Waals surface area contributed by atoms with E-state index in [-0.39, 0.29) is 0 Å². The van der Waals surface area contributed by atoms with E-state index in [1.54, 1.807) is 13.8 Å². The number of hydrogen-bond acceptors (Lipinski definition) is 2. The van der Waals surface area contributed by atoms with Gasteiger partial charge in [-0.1, -0.05) is 24.3 Å². The quantitative estimate of drug-likeness (QED) is 0.655. The molecule has 14 heavy (non-hydrogen) atoms. The van der Waals surface area contributed by atoms with Crippen molar-refractivity contribution in [2.75, 3.05) is 0 Å². The third-order valence-corrected chi connectivity index (χ3v) is 3.47. The minimum absolute atomic E-state index is 0.608. The van der Waals surface area contributed by atoms with E-state index < -0.39 is 11.2 Å². The van der Waals surface area contributed by atoms with Crippen LogP contribution in [0.4, 0.5) is 0 Å². The number of hydrogen-bond donors (Lipinski definition) is 2. The molecule has 0 bridgehead atoms. The van der Waals surface area contributed by atoms with E-state index in [1.807, 2.05) is 24.3 Å². The number of fused-ring (bicyclic) bond motifs is 1. The summed E-state index contributed by atoms with van der Waals surface area (Å²) in [5.41, 5.74) is -0.163. The molecule has 2 rings (SSSR count). The molecule has 2 atom stereocenters. The molecule has 1 aliphatic carbocycles. The van der Waals surface area contributed by atoms with Gasteiger partial charge in [-0.3, -0.25) is 0 Å². The largest absolute Gasteiger partial charge is 0.387 e. The smallest absolute Gasteiger partial charge is 0.115 e. The van der Waals surface area contributed by atoms with Crippen LogP contribution in [0.2, 0.25) is 0 Å². The highest BCUT2D eigenvalue weighted by molar-refractivity contribution is 5.37. The Morgan fingerprint density at radius 3 is 2.50 bits per heavy atom. The molecule has 1 aromatic carbocycles. The van der Waals surface area contributed by atoms with Gasteiger partial charge in [0.05, 0.1) is 5.60 Å². The number of aryl methyl sites for hydroxylation is 1. The maximum absolute atomic E-state index is 10.3. The van der Waals surface area contributed by atoms with E-state index in [1.165, 1.54) is 0 Å². The molecule has 1 aromatic rings. The van der Waals surface area contributed by atoms with Crippen LogP contribution in [0.1, 0.15) is 31.4 Å². The molecular formula is C12H16O2. The normalized spacial score (nSPS) is 36.6. The predicted octanol–water partition coefficient (Wildman–Crippen LogP) is 1.59. The molecule has 0 aromatic heterocycles. The molecule has 0 radical (unpaired) electrons. The Kier molecular flexibility index (Phi) is 1.95. The first-order valence-electron chi connectivity index (χ1n) is 4.98. The zero-order valence-corrected chi connectivity index (χ0v) is 8.62. The summed E-state index contributed by atoms with van der Waals surface area (Å²) in [5, 5.41) is 20.4. The Bertz CT molecular complexity index is 353. The van der Waals surface area contributed by atoms with Crippen LogP contribution in [0.15, 0.2) is 24.3 Å². The maximum atomic E-state index is 10.3. The van der Waals surface area contributed by atoms with Crippen LogP contribution < -0.4 is 0 Å². The lowest BCUT2D eigenvalue weighted by molar-refractivity contribution is -0.146. The molecule has 2 nitrogen and oxygen atoms in total. The molecule has 1 aliphatic rings. The molecule has 0 amide bonds. The Hall–Kier alpha value is -0.860. The molecule has 0 saturated heterocycles. The van der Waals surface area contributed by atoms with Crippen molar-refractivity contribution in [2.45, 2.75) is 37.9 Å². The second kappa shape index (κ2) is 2.81. The number of rotatable bonds is 0. The van der Waals surface area contributed by atoms with Gasteiger partial charge in [0.15, 0.2) is 0 Å².